The van der Waals surface area contributed by atoms with Crippen molar-refractivity contribution in [1.29, 1.82) is 5.26 Å². The molecule has 0 spiro atoms. The molecule has 0 unspecified atom stereocenters. The molecule has 2 aromatic carbocycles. The number of hydrogen-bond donors (Lipinski definition) is 2. The summed E-state index contributed by atoms with van der Waals surface area (Å²) in [6.07, 6.45) is 0.385. The van der Waals surface area contributed by atoms with Crippen LogP contribution in [0.4, 0.5) is 9.18 Å². The van der Waals surface area contributed by atoms with E-state index in [-0.39, 0.29) is 25.7 Å². The Bertz CT molecular complexity index is 958. The standard InChI is InChI=1S/C19H18FN5O.CH4/c1-11-8-12(9-21)2-3-13(11)14-4-5-17(20)15-6-7-25(10-16(14)15)19(26)24-18(22)23;/h2-5,8H,6-7,10H2,1H3,(H4,22,23,24,26);1H4. The van der Waals surface area contributed by atoms with Gasteiger partial charge in [0.2, 0.25) is 0 Å². The minimum Gasteiger partial charge on any atom is -0.370 e. The normalized spacial score (nSPS) is 12.4. The van der Waals surface area contributed by atoms with Crippen molar-refractivity contribution in [2.24, 2.45) is 16.5 Å². The van der Waals surface area contributed by atoms with Crippen LogP contribution in [0.3, 0.4) is 0 Å². The van der Waals surface area contributed by atoms with E-state index in [1.54, 1.807) is 18.2 Å². The fraction of sp³-hybridized carbons (Fsp3) is 0.250. The molecule has 1 aliphatic rings. The van der Waals surface area contributed by atoms with E-state index in [0.29, 0.717) is 24.1 Å². The van der Waals surface area contributed by atoms with Gasteiger partial charge in [-0.15, -0.1) is 0 Å². The Labute approximate surface area is 157 Å². The summed E-state index contributed by atoms with van der Waals surface area (Å²) in [4.78, 5) is 17.2. The zero-order chi connectivity index (χ0) is 18.8. The largest absolute Gasteiger partial charge is 0.370 e. The second kappa shape index (κ2) is 7.87. The molecule has 3 rings (SSSR count). The van der Waals surface area contributed by atoms with Crippen LogP contribution < -0.4 is 11.5 Å². The molecule has 0 atom stereocenters. The van der Waals surface area contributed by atoms with Crippen molar-refractivity contribution < 1.29 is 9.18 Å². The summed E-state index contributed by atoms with van der Waals surface area (Å²) in [5.41, 5.74) is 15.1. The van der Waals surface area contributed by atoms with Crippen LogP contribution in [0, 0.1) is 24.1 Å². The van der Waals surface area contributed by atoms with Crippen LogP contribution in [-0.4, -0.2) is 23.4 Å². The van der Waals surface area contributed by atoms with Gasteiger partial charge in [-0.2, -0.15) is 10.3 Å². The molecule has 0 saturated carbocycles. The molecule has 2 aromatic rings. The number of hydrogen-bond acceptors (Lipinski definition) is 2. The third-order valence-electron chi connectivity index (χ3n) is 4.50. The van der Waals surface area contributed by atoms with Crippen LogP contribution >= 0.6 is 0 Å². The van der Waals surface area contributed by atoms with E-state index >= 15 is 0 Å². The van der Waals surface area contributed by atoms with Crippen LogP contribution in [-0.2, 0) is 13.0 Å². The van der Waals surface area contributed by atoms with Gasteiger partial charge in [-0.25, -0.2) is 9.18 Å². The first-order chi connectivity index (χ1) is 12.4. The van der Waals surface area contributed by atoms with E-state index in [4.69, 9.17) is 16.7 Å². The molecule has 4 N–H and O–H groups in total. The van der Waals surface area contributed by atoms with Gasteiger partial charge >= 0.3 is 6.03 Å². The number of halogens is 1. The zero-order valence-corrected chi connectivity index (χ0v) is 14.3. The number of guanidine groups is 1. The highest BCUT2D eigenvalue weighted by Crippen LogP contribution is 2.34. The first kappa shape index (κ1) is 19.9. The van der Waals surface area contributed by atoms with Gasteiger partial charge in [-0.3, -0.25) is 0 Å². The molecule has 0 aliphatic carbocycles. The highest BCUT2D eigenvalue weighted by molar-refractivity contribution is 5.90. The number of fused-ring (bicyclic) bond motifs is 1. The first-order valence-electron chi connectivity index (χ1n) is 8.10. The van der Waals surface area contributed by atoms with Crippen LogP contribution in [0.25, 0.3) is 11.1 Å². The lowest BCUT2D eigenvalue weighted by molar-refractivity contribution is 0.202. The molecule has 0 saturated heterocycles. The summed E-state index contributed by atoms with van der Waals surface area (Å²) in [7, 11) is 0. The lowest BCUT2D eigenvalue weighted by Crippen LogP contribution is -2.37. The molecule has 2 amide bonds. The van der Waals surface area contributed by atoms with Gasteiger partial charge in [-0.1, -0.05) is 19.6 Å². The summed E-state index contributed by atoms with van der Waals surface area (Å²) >= 11 is 0. The molecular weight excluding hydrogens is 345 g/mol. The van der Waals surface area contributed by atoms with Crippen LogP contribution in [0.15, 0.2) is 35.3 Å². The minimum atomic E-state index is -0.539. The predicted octanol–water partition coefficient (Wildman–Crippen LogP) is 3.06. The van der Waals surface area contributed by atoms with Crippen LogP contribution in [0.2, 0.25) is 0 Å². The second-order valence-electron chi connectivity index (χ2n) is 6.18. The smallest absolute Gasteiger partial charge is 0.347 e. The van der Waals surface area contributed by atoms with Crippen molar-refractivity contribution in [2.45, 2.75) is 27.3 Å². The number of carbonyl (C=O) groups excluding carboxylic acids is 1. The van der Waals surface area contributed by atoms with Crippen molar-refractivity contribution in [3.63, 3.8) is 0 Å². The summed E-state index contributed by atoms with van der Waals surface area (Å²) in [6, 6.07) is 10.1. The van der Waals surface area contributed by atoms with Gasteiger partial charge in [0.05, 0.1) is 11.6 Å². The SMILES string of the molecule is C.Cc1cc(C#N)ccc1-c1ccc(F)c2c1CN(C(=O)N=C(N)N)CC2. The number of rotatable bonds is 1. The topological polar surface area (TPSA) is 108 Å². The van der Waals surface area contributed by atoms with Crippen molar-refractivity contribution >= 4 is 12.0 Å². The number of aliphatic imine (C=N–C) groups is 1. The molecule has 1 heterocycles. The Kier molecular flexibility index (Phi) is 5.81. The number of urea groups is 1. The molecule has 7 heteroatoms. The monoisotopic (exact) mass is 367 g/mol. The van der Waals surface area contributed by atoms with E-state index in [0.717, 1.165) is 22.3 Å². The Balaban J connectivity index is 0.00000261. The Hall–Kier alpha value is -3.40. The number of amides is 2. The summed E-state index contributed by atoms with van der Waals surface area (Å²) < 4.78 is 14.3. The minimum absolute atomic E-state index is 0. The van der Waals surface area contributed by atoms with E-state index in [2.05, 4.69) is 11.1 Å². The molecule has 27 heavy (non-hydrogen) atoms. The maximum absolute atomic E-state index is 14.3. The maximum atomic E-state index is 14.3. The molecule has 6 nitrogen and oxygen atoms in total. The van der Waals surface area contributed by atoms with E-state index in [9.17, 15) is 9.18 Å². The van der Waals surface area contributed by atoms with E-state index in [1.807, 2.05) is 13.0 Å². The Morgan fingerprint density at radius 3 is 2.56 bits per heavy atom. The third kappa shape index (κ3) is 3.90. The van der Waals surface area contributed by atoms with Crippen LogP contribution in [0.1, 0.15) is 29.7 Å². The molecule has 0 bridgehead atoms. The quantitative estimate of drug-likeness (QED) is 0.596. The summed E-state index contributed by atoms with van der Waals surface area (Å²) in [5, 5.41) is 9.04. The van der Waals surface area contributed by atoms with Crippen LogP contribution in [0.5, 0.6) is 0 Å². The predicted molar refractivity (Wildman–Crippen MR) is 103 cm³/mol. The molecular formula is C20H22FN5O. The fourth-order valence-electron chi connectivity index (χ4n) is 3.26. The van der Waals surface area contributed by atoms with Gasteiger partial charge in [-0.05, 0) is 59.4 Å². The third-order valence-corrected chi connectivity index (χ3v) is 4.50. The number of nitriles is 1. The van der Waals surface area contributed by atoms with Gasteiger partial charge in [0.25, 0.3) is 0 Å². The highest BCUT2D eigenvalue weighted by atomic mass is 19.1. The molecule has 0 aromatic heterocycles. The summed E-state index contributed by atoms with van der Waals surface area (Å²) in [6.45, 7) is 2.46. The lowest BCUT2D eigenvalue weighted by Gasteiger charge is -2.29. The fourth-order valence-corrected chi connectivity index (χ4v) is 3.26. The van der Waals surface area contributed by atoms with Crippen molar-refractivity contribution in [3.8, 4) is 17.2 Å². The maximum Gasteiger partial charge on any atom is 0.347 e. The van der Waals surface area contributed by atoms with Gasteiger partial charge in [0, 0.05) is 13.1 Å². The first-order valence-corrected chi connectivity index (χ1v) is 8.10. The molecule has 0 radical (unpaired) electrons. The molecule has 1 aliphatic heterocycles. The van der Waals surface area contributed by atoms with Crippen molar-refractivity contribution in [3.05, 3.63) is 58.4 Å². The number of nitrogens with zero attached hydrogens (tertiary/aromatic N) is 3. The molecule has 140 valence electrons. The van der Waals surface area contributed by atoms with Gasteiger partial charge in [0.1, 0.15) is 5.82 Å². The van der Waals surface area contributed by atoms with Gasteiger partial charge < -0.3 is 16.4 Å². The number of carbonyl (C=O) groups is 1. The van der Waals surface area contributed by atoms with Gasteiger partial charge in [0.15, 0.2) is 5.96 Å². The molecule has 0 fully saturated rings. The highest BCUT2D eigenvalue weighted by Gasteiger charge is 2.26. The Morgan fingerprint density at radius 1 is 1.22 bits per heavy atom. The average Bonchev–Trinajstić information content (AvgIpc) is 2.61. The summed E-state index contributed by atoms with van der Waals surface area (Å²) in [5.74, 6) is -0.591. The average molecular weight is 367 g/mol. The zero-order valence-electron chi connectivity index (χ0n) is 14.3. The van der Waals surface area contributed by atoms with E-state index < -0.39 is 6.03 Å². The Morgan fingerprint density at radius 2 is 1.93 bits per heavy atom. The van der Waals surface area contributed by atoms with E-state index in [1.165, 1.54) is 11.0 Å². The lowest BCUT2D eigenvalue weighted by atomic mass is 9.88. The number of nitrogens with two attached hydrogens (primary N) is 2. The second-order valence-corrected chi connectivity index (χ2v) is 6.18. The van der Waals surface area contributed by atoms with Crippen molar-refractivity contribution in [2.75, 3.05) is 6.54 Å². The number of aryl methyl sites for hydroxylation is 1. The van der Waals surface area contributed by atoms with Crippen molar-refractivity contribution in [1.82, 2.24) is 4.90 Å². The number of benzene rings is 2.